The van der Waals surface area contributed by atoms with Crippen LogP contribution in [0.4, 0.5) is 0 Å². The fourth-order valence-corrected chi connectivity index (χ4v) is 2.22. The maximum atomic E-state index is 12.3. The second-order valence-corrected chi connectivity index (χ2v) is 5.17. The summed E-state index contributed by atoms with van der Waals surface area (Å²) in [5.74, 6) is 1.04. The lowest BCUT2D eigenvalue weighted by molar-refractivity contribution is -0.145. The Kier molecular flexibility index (Phi) is 4.36. The van der Waals surface area contributed by atoms with E-state index in [1.807, 2.05) is 13.8 Å². The molecule has 1 N–H and O–H groups in total. The van der Waals surface area contributed by atoms with E-state index < -0.39 is 6.04 Å². The number of amides is 2. The molecule has 0 spiro atoms. The van der Waals surface area contributed by atoms with E-state index in [1.165, 1.54) is 0 Å². The molecule has 0 radical (unpaired) electrons. The Bertz CT molecular complexity index is 500. The van der Waals surface area contributed by atoms with Gasteiger partial charge in [0, 0.05) is 19.9 Å². The minimum absolute atomic E-state index is 0.0285. The Morgan fingerprint density at radius 3 is 2.85 bits per heavy atom. The van der Waals surface area contributed by atoms with Crippen LogP contribution in [0.1, 0.15) is 32.0 Å². The average Bonchev–Trinajstić information content (AvgIpc) is 2.84. The molecule has 1 aromatic rings. The summed E-state index contributed by atoms with van der Waals surface area (Å²) in [7, 11) is 0. The summed E-state index contributed by atoms with van der Waals surface area (Å²) in [4.78, 5) is 29.7. The van der Waals surface area contributed by atoms with Crippen molar-refractivity contribution in [2.45, 2.75) is 39.7 Å². The summed E-state index contributed by atoms with van der Waals surface area (Å²) in [5.41, 5.74) is 0. The second kappa shape index (κ2) is 6.02. The predicted octanol–water partition coefficient (Wildman–Crippen LogP) is 0.294. The van der Waals surface area contributed by atoms with Crippen LogP contribution in [0, 0.1) is 12.8 Å². The first-order valence-electron chi connectivity index (χ1n) is 6.88. The lowest BCUT2D eigenvalue weighted by atomic mass is 9.96. The molecule has 1 aliphatic rings. The molecule has 2 rings (SSSR count). The Morgan fingerprint density at radius 2 is 2.25 bits per heavy atom. The van der Waals surface area contributed by atoms with E-state index in [2.05, 4.69) is 15.5 Å². The summed E-state index contributed by atoms with van der Waals surface area (Å²) in [6.45, 7) is 6.22. The molecule has 2 unspecified atom stereocenters. The highest BCUT2D eigenvalue weighted by Gasteiger charge is 2.35. The SMILES string of the molecule is CCC(C)C1NC(=O)CN(CCc2noc(C)n2)C1=O. The largest absolute Gasteiger partial charge is 0.342 e. The van der Waals surface area contributed by atoms with Crippen molar-refractivity contribution in [2.24, 2.45) is 5.92 Å². The van der Waals surface area contributed by atoms with Crippen LogP contribution in [-0.2, 0) is 16.0 Å². The van der Waals surface area contributed by atoms with Crippen LogP contribution in [0.5, 0.6) is 0 Å². The van der Waals surface area contributed by atoms with Gasteiger partial charge < -0.3 is 14.7 Å². The van der Waals surface area contributed by atoms with Crippen molar-refractivity contribution < 1.29 is 14.1 Å². The Labute approximate surface area is 117 Å². The normalized spacial score (nSPS) is 20.9. The molecule has 1 fully saturated rings. The summed E-state index contributed by atoms with van der Waals surface area (Å²) in [6.07, 6.45) is 1.33. The van der Waals surface area contributed by atoms with Crippen molar-refractivity contribution in [3.05, 3.63) is 11.7 Å². The minimum Gasteiger partial charge on any atom is -0.342 e. The second-order valence-electron chi connectivity index (χ2n) is 5.17. The minimum atomic E-state index is -0.423. The number of carbonyl (C=O) groups is 2. The summed E-state index contributed by atoms with van der Waals surface area (Å²) in [5, 5.41) is 6.56. The van der Waals surface area contributed by atoms with Crippen LogP contribution in [0.3, 0.4) is 0 Å². The molecule has 7 heteroatoms. The first-order chi connectivity index (χ1) is 9.51. The number of hydrogen-bond acceptors (Lipinski definition) is 5. The lowest BCUT2D eigenvalue weighted by Crippen LogP contribution is -2.60. The van der Waals surface area contributed by atoms with Gasteiger partial charge in [-0.25, -0.2) is 0 Å². The molecule has 1 saturated heterocycles. The number of carbonyl (C=O) groups excluding carboxylic acids is 2. The molecule has 7 nitrogen and oxygen atoms in total. The third-order valence-electron chi connectivity index (χ3n) is 3.62. The van der Waals surface area contributed by atoms with Gasteiger partial charge in [-0.3, -0.25) is 9.59 Å². The molecule has 0 saturated carbocycles. The van der Waals surface area contributed by atoms with E-state index in [1.54, 1.807) is 11.8 Å². The highest BCUT2D eigenvalue weighted by Crippen LogP contribution is 2.14. The molecule has 1 aliphatic heterocycles. The van der Waals surface area contributed by atoms with Crippen molar-refractivity contribution in [2.75, 3.05) is 13.1 Å². The van der Waals surface area contributed by atoms with E-state index >= 15 is 0 Å². The summed E-state index contributed by atoms with van der Waals surface area (Å²) in [6, 6.07) is -0.423. The first kappa shape index (κ1) is 14.5. The van der Waals surface area contributed by atoms with Crippen LogP contribution in [-0.4, -0.2) is 46.0 Å². The standard InChI is InChI=1S/C13H20N4O3/c1-4-8(2)12-13(19)17(7-11(18)15-12)6-5-10-14-9(3)20-16-10/h8,12H,4-7H2,1-3H3,(H,15,18). The van der Waals surface area contributed by atoms with E-state index in [9.17, 15) is 9.59 Å². The number of piperazine rings is 1. The molecule has 2 atom stereocenters. The zero-order valence-corrected chi connectivity index (χ0v) is 12.0. The third kappa shape index (κ3) is 3.15. The molecule has 0 aliphatic carbocycles. The zero-order chi connectivity index (χ0) is 14.7. The predicted molar refractivity (Wildman–Crippen MR) is 70.7 cm³/mol. The molecule has 20 heavy (non-hydrogen) atoms. The fraction of sp³-hybridized carbons (Fsp3) is 0.692. The van der Waals surface area contributed by atoms with Gasteiger partial charge in [0.25, 0.3) is 0 Å². The van der Waals surface area contributed by atoms with Gasteiger partial charge in [-0.2, -0.15) is 4.98 Å². The van der Waals surface area contributed by atoms with Crippen LogP contribution < -0.4 is 5.32 Å². The number of nitrogens with one attached hydrogen (secondary N) is 1. The van der Waals surface area contributed by atoms with Gasteiger partial charge in [0.1, 0.15) is 6.04 Å². The van der Waals surface area contributed by atoms with Crippen molar-refractivity contribution in [1.29, 1.82) is 0 Å². The fourth-order valence-electron chi connectivity index (χ4n) is 2.22. The molecule has 2 amide bonds. The van der Waals surface area contributed by atoms with Crippen LogP contribution >= 0.6 is 0 Å². The van der Waals surface area contributed by atoms with Crippen molar-refractivity contribution >= 4 is 11.8 Å². The first-order valence-corrected chi connectivity index (χ1v) is 6.88. The van der Waals surface area contributed by atoms with Crippen molar-refractivity contribution in [1.82, 2.24) is 20.4 Å². The molecular weight excluding hydrogens is 260 g/mol. The maximum absolute atomic E-state index is 12.3. The monoisotopic (exact) mass is 280 g/mol. The Morgan fingerprint density at radius 1 is 1.50 bits per heavy atom. The van der Waals surface area contributed by atoms with E-state index in [0.29, 0.717) is 24.7 Å². The maximum Gasteiger partial charge on any atom is 0.245 e. The van der Waals surface area contributed by atoms with Gasteiger partial charge in [-0.15, -0.1) is 0 Å². The summed E-state index contributed by atoms with van der Waals surface area (Å²) < 4.78 is 4.89. The molecule has 0 aromatic carbocycles. The molecular formula is C13H20N4O3. The third-order valence-corrected chi connectivity index (χ3v) is 3.62. The number of hydrogen-bond donors (Lipinski definition) is 1. The van der Waals surface area contributed by atoms with Crippen LogP contribution in [0.15, 0.2) is 4.52 Å². The Hall–Kier alpha value is -1.92. The molecule has 2 heterocycles. The van der Waals surface area contributed by atoms with E-state index in [4.69, 9.17) is 4.52 Å². The quantitative estimate of drug-likeness (QED) is 0.837. The van der Waals surface area contributed by atoms with Gasteiger partial charge in [0.05, 0.1) is 6.54 Å². The van der Waals surface area contributed by atoms with Crippen LogP contribution in [0.2, 0.25) is 0 Å². The lowest BCUT2D eigenvalue weighted by Gasteiger charge is -2.35. The van der Waals surface area contributed by atoms with Gasteiger partial charge in [0.2, 0.25) is 17.7 Å². The molecule has 0 bridgehead atoms. The van der Waals surface area contributed by atoms with Crippen molar-refractivity contribution in [3.8, 4) is 0 Å². The smallest absolute Gasteiger partial charge is 0.245 e. The van der Waals surface area contributed by atoms with Crippen molar-refractivity contribution in [3.63, 3.8) is 0 Å². The van der Waals surface area contributed by atoms with E-state index in [-0.39, 0.29) is 24.3 Å². The molecule has 110 valence electrons. The van der Waals surface area contributed by atoms with Gasteiger partial charge >= 0.3 is 0 Å². The van der Waals surface area contributed by atoms with E-state index in [0.717, 1.165) is 6.42 Å². The number of nitrogens with zero attached hydrogens (tertiary/aromatic N) is 3. The van der Waals surface area contributed by atoms with Gasteiger partial charge in [0.15, 0.2) is 5.82 Å². The zero-order valence-electron chi connectivity index (χ0n) is 12.0. The van der Waals surface area contributed by atoms with Gasteiger partial charge in [-0.05, 0) is 5.92 Å². The topological polar surface area (TPSA) is 88.3 Å². The summed E-state index contributed by atoms with van der Waals surface area (Å²) >= 11 is 0. The number of rotatable bonds is 5. The van der Waals surface area contributed by atoms with Gasteiger partial charge in [-0.1, -0.05) is 25.4 Å². The highest BCUT2D eigenvalue weighted by atomic mass is 16.5. The van der Waals surface area contributed by atoms with Crippen LogP contribution in [0.25, 0.3) is 0 Å². The average molecular weight is 280 g/mol. The number of aromatic nitrogens is 2. The highest BCUT2D eigenvalue weighted by molar-refractivity contribution is 5.95. The molecule has 1 aromatic heterocycles. The number of aryl methyl sites for hydroxylation is 1. The Balaban J connectivity index is 1.99.